The summed E-state index contributed by atoms with van der Waals surface area (Å²) >= 11 is 0. The molecule has 2 fully saturated rings. The van der Waals surface area contributed by atoms with Crippen molar-refractivity contribution in [2.24, 2.45) is 47.3 Å². The van der Waals surface area contributed by atoms with Crippen molar-refractivity contribution < 1.29 is 81.5 Å². The molecule has 2 aromatic rings. The molecule has 26 heteroatoms. The maximum absolute atomic E-state index is 14.9. The number of aliphatic hydroxyl groups is 1. The number of amides is 9. The first-order chi connectivity index (χ1) is 50.3. The summed E-state index contributed by atoms with van der Waals surface area (Å²) in [5, 5.41) is 19.9. The van der Waals surface area contributed by atoms with Gasteiger partial charge in [0.05, 0.1) is 79.5 Å². The van der Waals surface area contributed by atoms with Crippen LogP contribution in [0.4, 0.5) is 9.59 Å². The van der Waals surface area contributed by atoms with Crippen molar-refractivity contribution in [2.75, 3.05) is 69.7 Å². The smallest absolute Gasteiger partial charge is 0.410 e. The van der Waals surface area contributed by atoms with E-state index in [-0.39, 0.29) is 67.4 Å². The molecule has 2 heterocycles. The van der Waals surface area contributed by atoms with Gasteiger partial charge in [0.25, 0.3) is 0 Å². The Morgan fingerprint density at radius 3 is 1.31 bits per heavy atom. The number of methoxy groups -OCH3 is 4. The minimum Gasteiger partial charge on any atom is -0.445 e. The molecule has 0 radical (unpaired) electrons. The standard InChI is InChI=1S/C81H133N9O17/c1-26-50(11)70(62(102-22)42-64(92)89-39-31-35-60(89)73(104-24)53(14)56(17)91)85(18)78(98)66(46(3)4)83-76(96)68(48(7)8)87(20)80(100)106-44-57-38-37-52(13)59(41-57)45-107-81(101)88(21)69(49(9)10)77(97)84-67(47(5)6)79(99)86(19)71(51(12)27-2)63(103-23)43-65(93)90-40-32-36-61(90)74(105-25)54(15)75(95)82-55(16)72(94)58-33-29-28-30-34-58/h28-30,33-34,37-38,41,46-51,53-55,60-63,66-74,94H,26-27,31-32,35-36,39-40,42-45H2,1-25H3,(H,82,95)(H,83,96)(H,84,97)/t50-,51-,53-,54+,55+,60?,61?,62?,63+,66-,67-,68-,69-,70-,71-,72+,73+,74+/m1/s1. The zero-order chi connectivity index (χ0) is 80.8. The summed E-state index contributed by atoms with van der Waals surface area (Å²) in [5.41, 5.74) is 2.56. The van der Waals surface area contributed by atoms with Gasteiger partial charge in [0, 0.05) is 75.6 Å². The Bertz CT molecular complexity index is 3230. The zero-order valence-corrected chi connectivity index (χ0v) is 69.0. The Labute approximate surface area is 638 Å². The molecule has 3 unspecified atom stereocenters. The Balaban J connectivity index is 1.42. The Morgan fingerprint density at radius 2 is 0.935 bits per heavy atom. The highest BCUT2D eigenvalue weighted by molar-refractivity contribution is 5.93. The number of hydrogen-bond acceptors (Lipinski definition) is 17. The third kappa shape index (κ3) is 24.1. The van der Waals surface area contributed by atoms with Gasteiger partial charge in [-0.15, -0.1) is 0 Å². The number of ether oxygens (including phenoxy) is 6. The number of aliphatic hydroxyl groups excluding tert-OH is 1. The molecular formula is C81H133N9O17. The van der Waals surface area contributed by atoms with Crippen molar-refractivity contribution >= 4 is 59.3 Å². The second-order valence-electron chi connectivity index (χ2n) is 31.4. The van der Waals surface area contributed by atoms with E-state index in [4.69, 9.17) is 28.4 Å². The molecule has 9 amide bonds. The molecule has 604 valence electrons. The van der Waals surface area contributed by atoms with Gasteiger partial charge in [-0.1, -0.05) is 152 Å². The van der Waals surface area contributed by atoms with Crippen LogP contribution in [0.5, 0.6) is 0 Å². The van der Waals surface area contributed by atoms with Crippen molar-refractivity contribution in [3.63, 3.8) is 0 Å². The fourth-order valence-electron chi connectivity index (χ4n) is 15.5. The zero-order valence-electron chi connectivity index (χ0n) is 69.0. The number of carbonyl (C=O) groups excluding carboxylic acids is 10. The predicted octanol–water partition coefficient (Wildman–Crippen LogP) is 9.13. The highest BCUT2D eigenvalue weighted by atomic mass is 16.6. The molecule has 0 bridgehead atoms. The number of benzene rings is 2. The maximum atomic E-state index is 14.9. The van der Waals surface area contributed by atoms with Crippen molar-refractivity contribution in [1.82, 2.24) is 45.3 Å². The number of nitrogens with zero attached hydrogens (tertiary/aromatic N) is 6. The van der Waals surface area contributed by atoms with Crippen LogP contribution in [-0.4, -0.2) is 242 Å². The number of hydrogen-bond donors (Lipinski definition) is 4. The first kappa shape index (κ1) is 92.1. The van der Waals surface area contributed by atoms with E-state index in [0.29, 0.717) is 61.9 Å². The summed E-state index contributed by atoms with van der Waals surface area (Å²) in [4.78, 5) is 151. The lowest BCUT2D eigenvalue weighted by atomic mass is 9.89. The molecule has 26 nitrogen and oxygen atoms in total. The van der Waals surface area contributed by atoms with Crippen LogP contribution >= 0.6 is 0 Å². The largest absolute Gasteiger partial charge is 0.445 e. The summed E-state index contributed by atoms with van der Waals surface area (Å²) in [7, 11) is 12.3. The van der Waals surface area contributed by atoms with Gasteiger partial charge in [-0.25, -0.2) is 9.59 Å². The number of Topliss-reactive ketones (excluding diaryl/α,β-unsaturated/α-hetero) is 1. The second-order valence-corrected chi connectivity index (χ2v) is 31.4. The van der Waals surface area contributed by atoms with E-state index in [2.05, 4.69) is 16.0 Å². The molecule has 0 aliphatic carbocycles. The average molecular weight is 1510 g/mol. The number of likely N-dealkylation sites (tertiary alicyclic amines) is 2. The van der Waals surface area contributed by atoms with Crippen LogP contribution < -0.4 is 16.0 Å². The molecule has 2 aromatic carbocycles. The van der Waals surface area contributed by atoms with Gasteiger partial charge in [-0.05, 0) is 110 Å². The number of rotatable bonds is 41. The number of carbonyl (C=O) groups is 10. The van der Waals surface area contributed by atoms with E-state index in [1.54, 1.807) is 113 Å². The Morgan fingerprint density at radius 1 is 0.523 bits per heavy atom. The predicted molar refractivity (Wildman–Crippen MR) is 410 cm³/mol. The van der Waals surface area contributed by atoms with E-state index in [1.165, 1.54) is 52.1 Å². The van der Waals surface area contributed by atoms with Crippen LogP contribution in [0.25, 0.3) is 0 Å². The third-order valence-corrected chi connectivity index (χ3v) is 22.5. The highest BCUT2D eigenvalue weighted by Gasteiger charge is 2.47. The van der Waals surface area contributed by atoms with Crippen LogP contribution in [-0.2, 0) is 80.0 Å². The van der Waals surface area contributed by atoms with Crippen LogP contribution in [0.15, 0.2) is 48.5 Å². The number of nitrogens with one attached hydrogen (secondary N) is 3. The topological polar surface area (TPSA) is 302 Å². The SMILES string of the molecule is CC[C@@H](C)[C@H]([C@H](CC(=O)N1CCCC1[C@@H](OC)[C@H](C)C(=O)N[C@@H](C)[C@H](O)c1ccccc1)OC)N(C)C(=O)[C@H](NC(=O)[C@@H](C(C)C)N(C)C(=O)OCc1cc(COC(=O)N(C)[C@@H](C(=O)N[C@@H](C(=O)N(C)[C@@H](C(CC(=O)N2CCCC2[C@@H](OC)[C@H](C)C(C)=O)OC)[C@H](C)CC)C(C)C)C(C)C)ccc1C)C(C)C. The summed E-state index contributed by atoms with van der Waals surface area (Å²) in [5.74, 6) is -5.85. The minimum absolute atomic E-state index is 0.0276. The summed E-state index contributed by atoms with van der Waals surface area (Å²) < 4.78 is 35.7. The van der Waals surface area contributed by atoms with Crippen molar-refractivity contribution in [3.05, 3.63) is 70.8 Å². The van der Waals surface area contributed by atoms with E-state index in [0.717, 1.165) is 12.0 Å². The summed E-state index contributed by atoms with van der Waals surface area (Å²) in [6.07, 6.45) is -1.35. The Hall–Kier alpha value is -7.26. The molecule has 0 saturated carbocycles. The van der Waals surface area contributed by atoms with Gasteiger partial charge < -0.3 is 69.1 Å². The van der Waals surface area contributed by atoms with Gasteiger partial charge in [0.2, 0.25) is 41.4 Å². The molecule has 4 rings (SSSR count). The molecule has 18 atom stereocenters. The highest BCUT2D eigenvalue weighted by Crippen LogP contribution is 2.33. The number of likely N-dealkylation sites (N-methyl/N-ethyl adjacent to an activating group) is 4. The lowest BCUT2D eigenvalue weighted by Gasteiger charge is -2.41. The average Bonchev–Trinajstić information content (AvgIpc) is 1.45. The summed E-state index contributed by atoms with van der Waals surface area (Å²) in [6.45, 7) is 31.5. The lowest BCUT2D eigenvalue weighted by molar-refractivity contribution is -0.148. The minimum atomic E-state index is -1.09. The van der Waals surface area contributed by atoms with Gasteiger partial charge in [-0.2, -0.15) is 0 Å². The molecule has 0 spiro atoms. The second kappa shape index (κ2) is 43.2. The van der Waals surface area contributed by atoms with Gasteiger partial charge in [-0.3, -0.25) is 48.2 Å². The monoisotopic (exact) mass is 1500 g/mol. The van der Waals surface area contributed by atoms with Crippen LogP contribution in [0.3, 0.4) is 0 Å². The van der Waals surface area contributed by atoms with E-state index >= 15 is 0 Å². The van der Waals surface area contributed by atoms with Crippen molar-refractivity contribution in [2.45, 2.75) is 267 Å². The van der Waals surface area contributed by atoms with Crippen LogP contribution in [0, 0.1) is 54.3 Å². The molecule has 4 N–H and O–H groups in total. The van der Waals surface area contributed by atoms with Crippen molar-refractivity contribution in [1.29, 1.82) is 0 Å². The molecule has 2 saturated heterocycles. The normalized spacial score (nSPS) is 19.2. The fourth-order valence-corrected chi connectivity index (χ4v) is 15.5. The van der Waals surface area contributed by atoms with Gasteiger partial charge in [0.15, 0.2) is 0 Å². The quantitative estimate of drug-likeness (QED) is 0.0482. The van der Waals surface area contributed by atoms with E-state index in [1.807, 2.05) is 87.4 Å². The first-order valence-corrected chi connectivity index (χ1v) is 38.6. The lowest BCUT2D eigenvalue weighted by Crippen LogP contribution is -2.60. The first-order valence-electron chi connectivity index (χ1n) is 38.6. The summed E-state index contributed by atoms with van der Waals surface area (Å²) in [6, 6.07) is 7.55. The van der Waals surface area contributed by atoms with Crippen LogP contribution in [0.2, 0.25) is 0 Å². The number of ketones is 1. The third-order valence-electron chi connectivity index (χ3n) is 22.5. The fraction of sp³-hybridized carbons (Fsp3) is 0.728. The maximum Gasteiger partial charge on any atom is 0.410 e. The molecular weight excluding hydrogens is 1370 g/mol. The molecule has 2 aliphatic heterocycles. The van der Waals surface area contributed by atoms with Gasteiger partial charge in [0.1, 0.15) is 43.2 Å². The number of aryl methyl sites for hydroxylation is 1. The van der Waals surface area contributed by atoms with E-state index < -0.39 is 150 Å². The van der Waals surface area contributed by atoms with Gasteiger partial charge >= 0.3 is 12.2 Å². The molecule has 0 aromatic heterocycles. The Kier molecular flexibility index (Phi) is 37.2. The van der Waals surface area contributed by atoms with Crippen molar-refractivity contribution in [3.8, 4) is 0 Å². The van der Waals surface area contributed by atoms with Crippen LogP contribution in [0.1, 0.15) is 191 Å². The van der Waals surface area contributed by atoms with E-state index in [9.17, 15) is 53.1 Å². The molecule has 107 heavy (non-hydrogen) atoms. The molecule has 2 aliphatic rings.